The Morgan fingerprint density at radius 2 is 0.400 bits per heavy atom. The first kappa shape index (κ1) is 28.0. The average Bonchev–Trinajstić information content (AvgIpc) is 3.04. The van der Waals surface area contributed by atoms with Crippen LogP contribution >= 0.6 is 27.2 Å². The maximum atomic E-state index is 4.60. The molecule has 0 amide bonds. The second-order valence-corrected chi connectivity index (χ2v) is 16.0. The van der Waals surface area contributed by atoms with E-state index in [-0.39, 0.29) is 12.4 Å². The van der Waals surface area contributed by atoms with Gasteiger partial charge in [-0.1, -0.05) is 109 Å². The molecule has 4 heteroatoms. The summed E-state index contributed by atoms with van der Waals surface area (Å²) >= 11 is 0. The summed E-state index contributed by atoms with van der Waals surface area (Å²) in [4.78, 5) is 4.60. The Balaban J connectivity index is 0.00000323. The number of nitrogens with one attached hydrogen (secondary N) is 1. The van der Waals surface area contributed by atoms with Crippen LogP contribution in [-0.4, -0.2) is 0 Å². The van der Waals surface area contributed by atoms with E-state index in [9.17, 15) is 0 Å². The van der Waals surface area contributed by atoms with Crippen molar-refractivity contribution >= 4 is 59.1 Å². The van der Waals surface area contributed by atoms with E-state index in [1.807, 2.05) is 0 Å². The van der Waals surface area contributed by atoms with Crippen LogP contribution in [0.25, 0.3) is 0 Å². The first-order valence-electron chi connectivity index (χ1n) is 13.3. The highest BCUT2D eigenvalue weighted by Crippen LogP contribution is 2.65. The van der Waals surface area contributed by atoms with Crippen LogP contribution < -0.4 is 36.7 Å². The van der Waals surface area contributed by atoms with Crippen LogP contribution in [-0.2, 0) is 0 Å². The molecule has 0 bridgehead atoms. The molecule has 0 fully saturated rings. The van der Waals surface area contributed by atoms with Crippen LogP contribution in [0.3, 0.4) is 0 Å². The van der Waals surface area contributed by atoms with Gasteiger partial charge < -0.3 is 0 Å². The molecule has 0 radical (unpaired) electrons. The van der Waals surface area contributed by atoms with E-state index < -0.39 is 14.8 Å². The fourth-order valence-electron chi connectivity index (χ4n) is 5.38. The first-order valence-corrected chi connectivity index (χ1v) is 16.8. The van der Waals surface area contributed by atoms with Gasteiger partial charge >= 0.3 is 0 Å². The van der Waals surface area contributed by atoms with Gasteiger partial charge in [-0.15, -0.1) is 12.4 Å². The summed E-state index contributed by atoms with van der Waals surface area (Å²) in [6.45, 7) is 0. The Bertz CT molecular complexity index is 1280. The number of halogens is 1. The zero-order valence-electron chi connectivity index (χ0n) is 22.1. The van der Waals surface area contributed by atoms with Crippen molar-refractivity contribution < 1.29 is 0 Å². The predicted molar refractivity (Wildman–Crippen MR) is 181 cm³/mol. The van der Waals surface area contributed by atoms with Gasteiger partial charge in [-0.05, 0) is 77.7 Å². The maximum absolute atomic E-state index is 4.60. The SMILES string of the molecule is Cl.c1ccc([P+](N[P+](c2ccccc2)(c2ccccc2)c2ccccc2)(c2ccccc2)c2ccccc2)cc1. The molecule has 0 aliphatic heterocycles. The van der Waals surface area contributed by atoms with Gasteiger partial charge in [0.25, 0.3) is 0 Å². The molecule has 0 aliphatic carbocycles. The minimum Gasteiger partial charge on any atom is -0.147 e. The van der Waals surface area contributed by atoms with E-state index in [1.165, 1.54) is 31.8 Å². The van der Waals surface area contributed by atoms with Crippen molar-refractivity contribution in [1.29, 1.82) is 0 Å². The molecule has 0 atom stereocenters. The summed E-state index contributed by atoms with van der Waals surface area (Å²) in [5.41, 5.74) is 0. The quantitative estimate of drug-likeness (QED) is 0.197. The van der Waals surface area contributed by atoms with Crippen LogP contribution in [0.15, 0.2) is 182 Å². The van der Waals surface area contributed by atoms with Gasteiger partial charge in [0.05, 0.1) is 0 Å². The van der Waals surface area contributed by atoms with Gasteiger partial charge in [-0.25, -0.2) is 0 Å². The van der Waals surface area contributed by atoms with Gasteiger partial charge in [-0.2, -0.15) is 0 Å². The molecule has 196 valence electrons. The van der Waals surface area contributed by atoms with Crippen LogP contribution in [0, 0.1) is 0 Å². The summed E-state index contributed by atoms with van der Waals surface area (Å²) in [6.07, 6.45) is 0. The topological polar surface area (TPSA) is 12.0 Å². The summed E-state index contributed by atoms with van der Waals surface area (Å²) < 4.78 is 0. The van der Waals surface area contributed by atoms with Crippen LogP contribution in [0.2, 0.25) is 0 Å². The van der Waals surface area contributed by atoms with E-state index in [0.717, 1.165) is 0 Å². The first-order chi connectivity index (χ1) is 19.3. The Kier molecular flexibility index (Phi) is 8.91. The molecule has 40 heavy (non-hydrogen) atoms. The van der Waals surface area contributed by atoms with Gasteiger partial charge in [0, 0.05) is 0 Å². The van der Waals surface area contributed by atoms with Crippen molar-refractivity contribution in [3.8, 4) is 0 Å². The Labute approximate surface area is 245 Å². The molecule has 0 unspecified atom stereocenters. The summed E-state index contributed by atoms with van der Waals surface area (Å²) in [5, 5.41) is 7.89. The number of rotatable bonds is 8. The van der Waals surface area contributed by atoms with Gasteiger partial charge in [0.15, 0.2) is 0 Å². The zero-order valence-corrected chi connectivity index (χ0v) is 24.7. The lowest BCUT2D eigenvalue weighted by atomic mass is 10.4. The average molecular weight is 576 g/mol. The third-order valence-corrected chi connectivity index (χ3v) is 16.0. The summed E-state index contributed by atoms with van der Waals surface area (Å²) in [7, 11) is -4.74. The van der Waals surface area contributed by atoms with Gasteiger partial charge in [0.2, 0.25) is 14.8 Å². The Morgan fingerprint density at radius 1 is 0.250 bits per heavy atom. The molecule has 1 N–H and O–H groups in total. The van der Waals surface area contributed by atoms with Crippen molar-refractivity contribution in [2.45, 2.75) is 0 Å². The molecule has 0 aliphatic rings. The number of hydrogen-bond donors (Lipinski definition) is 1. The Morgan fingerprint density at radius 3 is 0.550 bits per heavy atom. The minimum atomic E-state index is -2.37. The standard InChI is InChI=1S/C36H31NP2.ClH/c1-7-19-31(20-8-1)38(32-21-9-2-10-22-32,33-23-11-3-12-24-33)37-39(34-25-13-4-14-26-34,35-27-15-5-16-28-35)36-29-17-6-18-30-36;/h1-30,37H;1H/q+2;. The smallest absolute Gasteiger partial charge is 0.147 e. The highest BCUT2D eigenvalue weighted by Gasteiger charge is 2.60. The fraction of sp³-hybridized carbons (Fsp3) is 0. The van der Waals surface area contributed by atoms with Crippen LogP contribution in [0.5, 0.6) is 0 Å². The van der Waals surface area contributed by atoms with Crippen LogP contribution in [0.1, 0.15) is 0 Å². The van der Waals surface area contributed by atoms with Crippen molar-refractivity contribution in [3.63, 3.8) is 0 Å². The molecule has 0 saturated carbocycles. The molecule has 0 saturated heterocycles. The molecule has 0 spiro atoms. The van der Waals surface area contributed by atoms with Crippen molar-refractivity contribution in [3.05, 3.63) is 182 Å². The molecule has 6 rings (SSSR count). The second-order valence-electron chi connectivity index (χ2n) is 9.45. The third kappa shape index (κ3) is 5.15. The lowest BCUT2D eigenvalue weighted by Gasteiger charge is -2.34. The summed E-state index contributed by atoms with van der Waals surface area (Å²) in [6, 6.07) is 66.4. The van der Waals surface area contributed by atoms with E-state index >= 15 is 0 Å². The van der Waals surface area contributed by atoms with Crippen molar-refractivity contribution in [2.24, 2.45) is 0 Å². The molecule has 6 aromatic carbocycles. The molecular weight excluding hydrogens is 544 g/mol. The van der Waals surface area contributed by atoms with E-state index in [0.29, 0.717) is 0 Å². The fourth-order valence-corrected chi connectivity index (χ4v) is 15.5. The van der Waals surface area contributed by atoms with Crippen molar-refractivity contribution in [2.75, 3.05) is 0 Å². The lowest BCUT2D eigenvalue weighted by Crippen LogP contribution is -2.48. The second kappa shape index (κ2) is 12.7. The van der Waals surface area contributed by atoms with E-state index in [2.05, 4.69) is 187 Å². The minimum absolute atomic E-state index is 0. The highest BCUT2D eigenvalue weighted by molar-refractivity contribution is 8.07. The highest BCUT2D eigenvalue weighted by atomic mass is 35.5. The monoisotopic (exact) mass is 575 g/mol. The largest absolute Gasteiger partial charge is 0.216 e. The normalized spacial score (nSPS) is 11.4. The zero-order chi connectivity index (χ0) is 26.4. The Hall–Kier alpha value is -3.57. The molecule has 0 heterocycles. The summed E-state index contributed by atoms with van der Waals surface area (Å²) in [5.74, 6) is 0. The molecule has 1 nitrogen and oxygen atoms in total. The number of benzene rings is 6. The third-order valence-electron chi connectivity index (χ3n) is 7.16. The van der Waals surface area contributed by atoms with Gasteiger partial charge in [0.1, 0.15) is 31.8 Å². The molecule has 0 aromatic heterocycles. The lowest BCUT2D eigenvalue weighted by molar-refractivity contribution is 1.55. The van der Waals surface area contributed by atoms with E-state index in [4.69, 9.17) is 0 Å². The van der Waals surface area contributed by atoms with Crippen molar-refractivity contribution in [1.82, 2.24) is 4.86 Å². The van der Waals surface area contributed by atoms with Crippen LogP contribution in [0.4, 0.5) is 0 Å². The predicted octanol–water partition coefficient (Wildman–Crippen LogP) is 6.82. The number of hydrogen-bond acceptors (Lipinski definition) is 1. The molecule has 6 aromatic rings. The van der Waals surface area contributed by atoms with E-state index in [1.54, 1.807) is 0 Å². The van der Waals surface area contributed by atoms with Gasteiger partial charge in [-0.3, -0.25) is 0 Å². The maximum Gasteiger partial charge on any atom is 0.216 e. The molecular formula is C36H32ClNP2+2.